The number of primary amides is 1. The summed E-state index contributed by atoms with van der Waals surface area (Å²) in [6.07, 6.45) is 1.53. The van der Waals surface area contributed by atoms with Crippen LogP contribution in [0.2, 0.25) is 0 Å². The first-order valence-electron chi connectivity index (χ1n) is 6.26. The summed E-state index contributed by atoms with van der Waals surface area (Å²) in [6, 6.07) is 10.0. The minimum absolute atomic E-state index is 0.209. The average Bonchev–Trinajstić information content (AvgIpc) is 2.48. The van der Waals surface area contributed by atoms with Crippen molar-refractivity contribution in [1.82, 2.24) is 4.98 Å². The van der Waals surface area contributed by atoms with E-state index in [0.29, 0.717) is 6.54 Å². The van der Waals surface area contributed by atoms with Crippen LogP contribution in [-0.4, -0.2) is 29.0 Å². The highest BCUT2D eigenvalue weighted by molar-refractivity contribution is 5.91. The largest absolute Gasteiger partial charge is 0.478 e. The van der Waals surface area contributed by atoms with E-state index in [1.807, 2.05) is 11.9 Å². The first-order valence-corrected chi connectivity index (χ1v) is 6.26. The molecule has 1 aromatic carbocycles. The normalized spacial score (nSPS) is 10.1. The molecular formula is C15H15N3O3. The standard InChI is InChI=1S/C15H15N3O3/c1-18(12-6-7-17-13(8-12)14(16)19)9-10-2-4-11(5-3-10)15(20)21/h2-8H,9H2,1H3,(H2,16,19)(H,20,21). The van der Waals surface area contributed by atoms with Gasteiger partial charge < -0.3 is 15.7 Å². The highest BCUT2D eigenvalue weighted by atomic mass is 16.4. The summed E-state index contributed by atoms with van der Waals surface area (Å²) in [5, 5.41) is 8.86. The number of rotatable bonds is 5. The van der Waals surface area contributed by atoms with Crippen molar-refractivity contribution in [3.8, 4) is 0 Å². The Kier molecular flexibility index (Phi) is 4.18. The molecular weight excluding hydrogens is 270 g/mol. The fourth-order valence-electron chi connectivity index (χ4n) is 1.91. The summed E-state index contributed by atoms with van der Waals surface area (Å²) < 4.78 is 0. The minimum Gasteiger partial charge on any atom is -0.478 e. The predicted octanol–water partition coefficient (Wildman–Crippen LogP) is 1.52. The van der Waals surface area contributed by atoms with Gasteiger partial charge in [0.1, 0.15) is 5.69 Å². The van der Waals surface area contributed by atoms with Gasteiger partial charge in [0.05, 0.1) is 5.56 Å². The molecule has 1 amide bonds. The van der Waals surface area contributed by atoms with Gasteiger partial charge >= 0.3 is 5.97 Å². The molecule has 0 atom stereocenters. The molecule has 0 spiro atoms. The van der Waals surface area contributed by atoms with Crippen LogP contribution in [0, 0.1) is 0 Å². The Balaban J connectivity index is 2.13. The Morgan fingerprint density at radius 3 is 2.48 bits per heavy atom. The maximum atomic E-state index is 11.1. The highest BCUT2D eigenvalue weighted by Gasteiger charge is 2.08. The zero-order valence-corrected chi connectivity index (χ0v) is 11.5. The molecule has 2 rings (SSSR count). The van der Waals surface area contributed by atoms with Gasteiger partial charge in [-0.2, -0.15) is 0 Å². The second kappa shape index (κ2) is 6.04. The second-order valence-electron chi connectivity index (χ2n) is 4.62. The molecule has 0 radical (unpaired) electrons. The predicted molar refractivity (Wildman–Crippen MR) is 78.3 cm³/mol. The molecule has 0 unspecified atom stereocenters. The fourth-order valence-corrected chi connectivity index (χ4v) is 1.91. The van der Waals surface area contributed by atoms with E-state index < -0.39 is 11.9 Å². The van der Waals surface area contributed by atoms with Gasteiger partial charge in [-0.3, -0.25) is 9.78 Å². The molecule has 21 heavy (non-hydrogen) atoms. The van der Waals surface area contributed by atoms with Gasteiger partial charge in [0.25, 0.3) is 5.91 Å². The van der Waals surface area contributed by atoms with Crippen molar-refractivity contribution >= 4 is 17.6 Å². The number of amides is 1. The van der Waals surface area contributed by atoms with Crippen molar-refractivity contribution in [2.24, 2.45) is 5.73 Å². The van der Waals surface area contributed by atoms with Gasteiger partial charge in [-0.15, -0.1) is 0 Å². The van der Waals surface area contributed by atoms with Crippen molar-refractivity contribution in [1.29, 1.82) is 0 Å². The third kappa shape index (κ3) is 3.56. The highest BCUT2D eigenvalue weighted by Crippen LogP contribution is 2.16. The fraction of sp³-hybridized carbons (Fsp3) is 0.133. The lowest BCUT2D eigenvalue weighted by Gasteiger charge is -2.19. The molecule has 0 bridgehead atoms. The van der Waals surface area contributed by atoms with Gasteiger partial charge in [0.15, 0.2) is 0 Å². The SMILES string of the molecule is CN(Cc1ccc(C(=O)O)cc1)c1ccnc(C(N)=O)c1. The van der Waals surface area contributed by atoms with Crippen LogP contribution in [-0.2, 0) is 6.54 Å². The number of aromatic carboxylic acids is 1. The van der Waals surface area contributed by atoms with E-state index in [-0.39, 0.29) is 11.3 Å². The Labute approximate surface area is 121 Å². The van der Waals surface area contributed by atoms with E-state index in [2.05, 4.69) is 4.98 Å². The molecule has 108 valence electrons. The number of carboxylic acids is 1. The summed E-state index contributed by atoms with van der Waals surface area (Å²) in [4.78, 5) is 27.7. The molecule has 0 aliphatic carbocycles. The zero-order chi connectivity index (χ0) is 15.4. The monoisotopic (exact) mass is 285 g/mol. The third-order valence-corrected chi connectivity index (χ3v) is 3.06. The molecule has 0 saturated heterocycles. The number of benzene rings is 1. The maximum absolute atomic E-state index is 11.1. The number of hydrogen-bond acceptors (Lipinski definition) is 4. The van der Waals surface area contributed by atoms with E-state index in [9.17, 15) is 9.59 Å². The van der Waals surface area contributed by atoms with Crippen LogP contribution < -0.4 is 10.6 Å². The van der Waals surface area contributed by atoms with Gasteiger partial charge in [-0.05, 0) is 29.8 Å². The van der Waals surface area contributed by atoms with E-state index in [1.165, 1.54) is 6.20 Å². The summed E-state index contributed by atoms with van der Waals surface area (Å²) in [5.74, 6) is -1.52. The van der Waals surface area contributed by atoms with Gasteiger partial charge in [0.2, 0.25) is 0 Å². The lowest BCUT2D eigenvalue weighted by Crippen LogP contribution is -2.18. The smallest absolute Gasteiger partial charge is 0.335 e. The third-order valence-electron chi connectivity index (χ3n) is 3.06. The molecule has 1 aromatic heterocycles. The Morgan fingerprint density at radius 1 is 1.24 bits per heavy atom. The number of hydrogen-bond donors (Lipinski definition) is 2. The first kappa shape index (κ1) is 14.5. The Bertz CT molecular complexity index is 668. The first-order chi connectivity index (χ1) is 9.97. The molecule has 1 heterocycles. The minimum atomic E-state index is -0.949. The van der Waals surface area contributed by atoms with Gasteiger partial charge in [-0.25, -0.2) is 4.79 Å². The Hall–Kier alpha value is -2.89. The molecule has 0 aliphatic heterocycles. The van der Waals surface area contributed by atoms with Crippen LogP contribution in [0.4, 0.5) is 5.69 Å². The number of carbonyl (C=O) groups is 2. The molecule has 0 aliphatic rings. The van der Waals surface area contributed by atoms with Crippen LogP contribution in [0.3, 0.4) is 0 Å². The molecule has 6 nitrogen and oxygen atoms in total. The van der Waals surface area contributed by atoms with Gasteiger partial charge in [0, 0.05) is 25.5 Å². The van der Waals surface area contributed by atoms with Crippen molar-refractivity contribution in [2.75, 3.05) is 11.9 Å². The average molecular weight is 285 g/mol. The van der Waals surface area contributed by atoms with E-state index >= 15 is 0 Å². The molecule has 0 saturated carbocycles. The number of carboxylic acid groups (broad SMARTS) is 1. The number of nitrogens with zero attached hydrogens (tertiary/aromatic N) is 2. The summed E-state index contributed by atoms with van der Waals surface area (Å²) in [6.45, 7) is 0.572. The van der Waals surface area contributed by atoms with Crippen LogP contribution in [0.25, 0.3) is 0 Å². The summed E-state index contributed by atoms with van der Waals surface area (Å²) in [7, 11) is 1.87. The van der Waals surface area contributed by atoms with Crippen LogP contribution >= 0.6 is 0 Å². The molecule has 0 fully saturated rings. The van der Waals surface area contributed by atoms with Crippen LogP contribution in [0.15, 0.2) is 42.6 Å². The number of anilines is 1. The number of pyridine rings is 1. The van der Waals surface area contributed by atoms with Crippen LogP contribution in [0.5, 0.6) is 0 Å². The van der Waals surface area contributed by atoms with Crippen LogP contribution in [0.1, 0.15) is 26.4 Å². The van der Waals surface area contributed by atoms with E-state index in [4.69, 9.17) is 10.8 Å². The maximum Gasteiger partial charge on any atom is 0.335 e. The lowest BCUT2D eigenvalue weighted by molar-refractivity contribution is 0.0696. The van der Waals surface area contributed by atoms with E-state index in [1.54, 1.807) is 36.4 Å². The zero-order valence-electron chi connectivity index (χ0n) is 11.5. The van der Waals surface area contributed by atoms with Crippen molar-refractivity contribution in [2.45, 2.75) is 6.54 Å². The topological polar surface area (TPSA) is 96.5 Å². The molecule has 2 aromatic rings. The van der Waals surface area contributed by atoms with E-state index in [0.717, 1.165) is 11.3 Å². The second-order valence-corrected chi connectivity index (χ2v) is 4.62. The molecule has 3 N–H and O–H groups in total. The molecule has 6 heteroatoms. The quantitative estimate of drug-likeness (QED) is 0.868. The van der Waals surface area contributed by atoms with Crippen molar-refractivity contribution in [3.05, 3.63) is 59.4 Å². The lowest BCUT2D eigenvalue weighted by atomic mass is 10.1. The van der Waals surface area contributed by atoms with Gasteiger partial charge in [-0.1, -0.05) is 12.1 Å². The Morgan fingerprint density at radius 2 is 1.90 bits per heavy atom. The van der Waals surface area contributed by atoms with Crippen molar-refractivity contribution < 1.29 is 14.7 Å². The number of carbonyl (C=O) groups excluding carboxylic acids is 1. The van der Waals surface area contributed by atoms with Crippen molar-refractivity contribution in [3.63, 3.8) is 0 Å². The summed E-state index contributed by atoms with van der Waals surface area (Å²) >= 11 is 0. The number of aromatic nitrogens is 1. The number of nitrogens with two attached hydrogens (primary N) is 1. The summed E-state index contributed by atoms with van der Waals surface area (Å²) in [5.41, 5.74) is 7.43.